The minimum absolute atomic E-state index is 0.939. The third-order valence-electron chi connectivity index (χ3n) is 24.5. The number of fused-ring (bicyclic) bond motifs is 3. The molecule has 0 nitrogen and oxygen atoms in total. The first-order valence-electron chi connectivity index (χ1n) is 31.0. The van der Waals surface area contributed by atoms with Crippen LogP contribution in [-0.2, 0) is 0 Å². The Bertz CT molecular complexity index is 1340. The summed E-state index contributed by atoms with van der Waals surface area (Å²) >= 11 is 0. The molecule has 64 heavy (non-hydrogen) atoms. The maximum atomic E-state index is 2.78. The molecule has 6 unspecified atom stereocenters. The molecule has 11 aliphatic carbocycles. The Kier molecular flexibility index (Phi) is 15.8. The lowest BCUT2D eigenvalue weighted by Crippen LogP contribution is -2.43. The molecule has 0 N–H and O–H groups in total. The molecule has 0 saturated heterocycles. The largest absolute Gasteiger partial charge is 0.0822 e. The van der Waals surface area contributed by atoms with Gasteiger partial charge in [-0.2, -0.15) is 0 Å². The quantitative estimate of drug-likeness (QED) is 0.213. The summed E-state index contributed by atoms with van der Waals surface area (Å²) in [6.07, 6.45) is 71.1. The minimum Gasteiger partial charge on any atom is -0.0822 e. The van der Waals surface area contributed by atoms with Gasteiger partial charge in [-0.25, -0.2) is 0 Å². The Morgan fingerprint density at radius 1 is 0.203 bits per heavy atom. The van der Waals surface area contributed by atoms with E-state index in [1.807, 2.05) is 11.1 Å². The molecule has 11 aliphatic rings. The van der Waals surface area contributed by atoms with Crippen LogP contribution in [0.4, 0.5) is 0 Å². The Labute approximate surface area is 397 Å². The average molecular weight is 874 g/mol. The molecule has 0 spiro atoms. The standard InChI is InChI=1S/C64H104/c1-3-7-45(8-4-1)41-47-11-15-49(16-12-47)51-19-23-53(24-20-51)55-27-31-57(32-28-55)59-37-39-63-61(43-59)35-36-62-44-60(38-40-64(62)63)58-33-29-56(30-34-58)54-25-21-52(22-26-54)50-17-13-48(14-18-50)42-46-9-5-2-6-10-46/h41-42,47-64H,1-40,43-44H2. The first-order chi connectivity index (χ1) is 31.6. The minimum atomic E-state index is 0.939. The molecule has 0 heteroatoms. The van der Waals surface area contributed by atoms with Crippen LogP contribution in [0.5, 0.6) is 0 Å². The highest BCUT2D eigenvalue weighted by atomic mass is 14.5. The van der Waals surface area contributed by atoms with E-state index in [1.54, 1.807) is 180 Å². The molecule has 0 aromatic carbocycles. The average Bonchev–Trinajstić information content (AvgIpc) is 3.37. The summed E-state index contributed by atoms with van der Waals surface area (Å²) < 4.78 is 0. The van der Waals surface area contributed by atoms with Gasteiger partial charge in [0, 0.05) is 0 Å². The van der Waals surface area contributed by atoms with Gasteiger partial charge in [-0.1, -0.05) is 36.1 Å². The molecule has 0 radical (unpaired) electrons. The SMILES string of the molecule is C(=C1CCCCC1)C1CCC(C2CCC(C3CCC(C4CCC5C(CCC6CC(C7CCC(C8CCC(C9CCC(C=C%10CCCCC%10)CC9)CC8)CC7)CCC65)C4)CC3)CC2)CC1. The van der Waals surface area contributed by atoms with E-state index in [-0.39, 0.29) is 0 Å². The van der Waals surface area contributed by atoms with Crippen molar-refractivity contribution in [1.82, 2.24) is 0 Å². The molecule has 6 atom stereocenters. The van der Waals surface area contributed by atoms with E-state index in [1.165, 1.54) is 89.9 Å². The molecular formula is C64H104. The number of hydrogen-bond donors (Lipinski definition) is 0. The first kappa shape index (κ1) is 45.9. The third kappa shape index (κ3) is 11.1. The summed E-state index contributed by atoms with van der Waals surface area (Å²) in [6.45, 7) is 0. The van der Waals surface area contributed by atoms with Gasteiger partial charge in [-0.15, -0.1) is 0 Å². The van der Waals surface area contributed by atoms with Gasteiger partial charge < -0.3 is 0 Å². The predicted molar refractivity (Wildman–Crippen MR) is 273 cm³/mol. The van der Waals surface area contributed by atoms with Crippen molar-refractivity contribution >= 4 is 0 Å². The number of hydrogen-bond acceptors (Lipinski definition) is 0. The highest BCUT2D eigenvalue weighted by Crippen LogP contribution is 2.58. The zero-order chi connectivity index (χ0) is 42.7. The Balaban J connectivity index is 0.558. The highest BCUT2D eigenvalue weighted by molar-refractivity contribution is 5.09. The highest BCUT2D eigenvalue weighted by Gasteiger charge is 2.47. The van der Waals surface area contributed by atoms with Crippen LogP contribution in [0.1, 0.15) is 270 Å². The van der Waals surface area contributed by atoms with Gasteiger partial charge in [0.05, 0.1) is 0 Å². The summed E-state index contributed by atoms with van der Waals surface area (Å²) in [7, 11) is 0. The lowest BCUT2D eigenvalue weighted by atomic mass is 9.52. The number of allylic oxidation sites excluding steroid dienone is 4. The van der Waals surface area contributed by atoms with Crippen LogP contribution in [0.2, 0.25) is 0 Å². The lowest BCUT2D eigenvalue weighted by Gasteiger charge is -2.53. The van der Waals surface area contributed by atoms with Crippen LogP contribution in [0.15, 0.2) is 23.3 Å². The van der Waals surface area contributed by atoms with E-state index in [0.717, 1.165) is 107 Å². The van der Waals surface area contributed by atoms with E-state index >= 15 is 0 Å². The van der Waals surface area contributed by atoms with Gasteiger partial charge in [0.1, 0.15) is 0 Å². The predicted octanol–water partition coefficient (Wildman–Crippen LogP) is 19.5. The fourth-order valence-corrected chi connectivity index (χ4v) is 20.7. The zero-order valence-corrected chi connectivity index (χ0v) is 42.2. The van der Waals surface area contributed by atoms with Crippen LogP contribution in [0, 0.1) is 107 Å². The Morgan fingerprint density at radius 3 is 0.703 bits per heavy atom. The van der Waals surface area contributed by atoms with E-state index in [4.69, 9.17) is 0 Å². The molecule has 0 aliphatic heterocycles. The second-order valence-corrected chi connectivity index (χ2v) is 27.4. The summed E-state index contributed by atoms with van der Waals surface area (Å²) in [5.41, 5.74) is 3.68. The molecule has 11 saturated carbocycles. The first-order valence-corrected chi connectivity index (χ1v) is 31.0. The Hall–Kier alpha value is -0.520. The van der Waals surface area contributed by atoms with Gasteiger partial charge in [0.25, 0.3) is 0 Å². The second-order valence-electron chi connectivity index (χ2n) is 27.4. The van der Waals surface area contributed by atoms with Crippen LogP contribution < -0.4 is 0 Å². The maximum absolute atomic E-state index is 2.78. The summed E-state index contributed by atoms with van der Waals surface area (Å²) in [5.74, 6) is 19.5. The van der Waals surface area contributed by atoms with Crippen molar-refractivity contribution in [2.75, 3.05) is 0 Å². The van der Waals surface area contributed by atoms with Crippen molar-refractivity contribution in [2.45, 2.75) is 270 Å². The monoisotopic (exact) mass is 873 g/mol. The summed E-state index contributed by atoms with van der Waals surface area (Å²) in [5, 5.41) is 0. The second kappa shape index (κ2) is 22.1. The third-order valence-corrected chi connectivity index (χ3v) is 24.5. The van der Waals surface area contributed by atoms with Crippen molar-refractivity contribution in [2.24, 2.45) is 107 Å². The van der Waals surface area contributed by atoms with E-state index in [0.29, 0.717) is 0 Å². The van der Waals surface area contributed by atoms with Gasteiger partial charge in [0.15, 0.2) is 0 Å². The van der Waals surface area contributed by atoms with Gasteiger partial charge in [-0.05, 0) is 363 Å². The molecule has 0 heterocycles. The lowest BCUT2D eigenvalue weighted by molar-refractivity contribution is -0.0276. The molecular weight excluding hydrogens is 769 g/mol. The van der Waals surface area contributed by atoms with Crippen molar-refractivity contribution in [3.05, 3.63) is 23.3 Å². The molecule has 0 amide bonds. The van der Waals surface area contributed by atoms with Gasteiger partial charge in [0.2, 0.25) is 0 Å². The van der Waals surface area contributed by atoms with Crippen molar-refractivity contribution in [3.63, 3.8) is 0 Å². The normalized spacial score (nSPS) is 47.5. The van der Waals surface area contributed by atoms with Crippen molar-refractivity contribution in [3.8, 4) is 0 Å². The fourth-order valence-electron chi connectivity index (χ4n) is 20.7. The van der Waals surface area contributed by atoms with Gasteiger partial charge in [-0.3, -0.25) is 0 Å². The van der Waals surface area contributed by atoms with Crippen molar-refractivity contribution in [1.29, 1.82) is 0 Å². The molecule has 0 aromatic heterocycles. The summed E-state index contributed by atoms with van der Waals surface area (Å²) in [4.78, 5) is 0. The van der Waals surface area contributed by atoms with Crippen molar-refractivity contribution < 1.29 is 0 Å². The maximum Gasteiger partial charge on any atom is -0.0231 e. The molecule has 11 rings (SSSR count). The van der Waals surface area contributed by atoms with Gasteiger partial charge >= 0.3 is 0 Å². The Morgan fingerprint density at radius 2 is 0.422 bits per heavy atom. The summed E-state index contributed by atoms with van der Waals surface area (Å²) in [6, 6.07) is 0. The fraction of sp³-hybridized carbons (Fsp3) is 0.938. The molecule has 11 fully saturated rings. The molecule has 0 bridgehead atoms. The van der Waals surface area contributed by atoms with E-state index in [9.17, 15) is 0 Å². The smallest absolute Gasteiger partial charge is 0.0231 e. The molecule has 360 valence electrons. The molecule has 0 aromatic rings. The van der Waals surface area contributed by atoms with E-state index in [2.05, 4.69) is 12.2 Å². The van der Waals surface area contributed by atoms with Crippen LogP contribution in [0.25, 0.3) is 0 Å². The number of rotatable bonds is 8. The van der Waals surface area contributed by atoms with Crippen LogP contribution >= 0.6 is 0 Å². The van der Waals surface area contributed by atoms with Crippen LogP contribution in [0.3, 0.4) is 0 Å². The van der Waals surface area contributed by atoms with Crippen LogP contribution in [-0.4, -0.2) is 0 Å². The van der Waals surface area contributed by atoms with E-state index < -0.39 is 0 Å². The zero-order valence-electron chi connectivity index (χ0n) is 42.2. The topological polar surface area (TPSA) is 0 Å².